The molecule has 1 N–H and O–H groups in total. The fourth-order valence-corrected chi connectivity index (χ4v) is 3.43. The molecule has 2 amide bonds. The number of rotatable bonds is 13. The van der Waals surface area contributed by atoms with Gasteiger partial charge in [-0.3, -0.25) is 9.59 Å². The molecule has 33 heavy (non-hydrogen) atoms. The molecular formula is C25H33ClN2O5. The maximum absolute atomic E-state index is 13.3. The molecule has 0 unspecified atom stereocenters. The van der Waals surface area contributed by atoms with Crippen molar-refractivity contribution in [3.05, 3.63) is 53.1 Å². The SMILES string of the molecule is CCCCNC(=O)[C@H](CC)N(Cc1ccc(Cl)cc1)C(=O)COc1cc(OC)cc(OC)c1. The minimum Gasteiger partial charge on any atom is -0.496 e. The van der Waals surface area contributed by atoms with Crippen molar-refractivity contribution in [2.45, 2.75) is 45.7 Å². The van der Waals surface area contributed by atoms with Crippen LogP contribution in [0, 0.1) is 0 Å². The number of carbonyl (C=O) groups excluding carboxylic acids is 2. The lowest BCUT2D eigenvalue weighted by molar-refractivity contribution is -0.143. The largest absolute Gasteiger partial charge is 0.496 e. The van der Waals surface area contributed by atoms with Gasteiger partial charge in [0, 0.05) is 36.3 Å². The van der Waals surface area contributed by atoms with E-state index in [-0.39, 0.29) is 25.0 Å². The van der Waals surface area contributed by atoms with Crippen molar-refractivity contribution in [3.8, 4) is 17.2 Å². The van der Waals surface area contributed by atoms with E-state index in [0.717, 1.165) is 18.4 Å². The zero-order valence-electron chi connectivity index (χ0n) is 19.7. The lowest BCUT2D eigenvalue weighted by atomic mass is 10.1. The Hall–Kier alpha value is -2.93. The monoisotopic (exact) mass is 476 g/mol. The summed E-state index contributed by atoms with van der Waals surface area (Å²) < 4.78 is 16.3. The second kappa shape index (κ2) is 13.6. The highest BCUT2D eigenvalue weighted by Gasteiger charge is 2.28. The van der Waals surface area contributed by atoms with Gasteiger partial charge in [-0.1, -0.05) is 44.0 Å². The predicted octanol–water partition coefficient (Wildman–Crippen LogP) is 4.46. The zero-order chi connectivity index (χ0) is 24.2. The van der Waals surface area contributed by atoms with Gasteiger partial charge in [0.15, 0.2) is 6.61 Å². The summed E-state index contributed by atoms with van der Waals surface area (Å²) in [5, 5.41) is 3.55. The first-order valence-corrected chi connectivity index (χ1v) is 11.5. The number of unbranched alkanes of at least 4 members (excludes halogenated alkanes) is 1. The third-order valence-electron chi connectivity index (χ3n) is 5.17. The normalized spacial score (nSPS) is 11.4. The summed E-state index contributed by atoms with van der Waals surface area (Å²) in [6.07, 6.45) is 2.33. The fraction of sp³-hybridized carbons (Fsp3) is 0.440. The van der Waals surface area contributed by atoms with Gasteiger partial charge in [-0.25, -0.2) is 0 Å². The zero-order valence-corrected chi connectivity index (χ0v) is 20.5. The number of ether oxygens (including phenoxy) is 3. The van der Waals surface area contributed by atoms with E-state index in [1.165, 1.54) is 0 Å². The standard InChI is InChI=1S/C25H33ClN2O5/c1-5-7-12-27-25(30)23(6-2)28(16-18-8-10-19(26)11-9-18)24(29)17-33-22-14-20(31-3)13-21(15-22)32-4/h8-11,13-15,23H,5-7,12,16-17H2,1-4H3,(H,27,30)/t23-/m0/s1. The quantitative estimate of drug-likeness (QED) is 0.432. The third-order valence-corrected chi connectivity index (χ3v) is 5.42. The van der Waals surface area contributed by atoms with E-state index in [1.807, 2.05) is 19.1 Å². The average Bonchev–Trinajstić information content (AvgIpc) is 2.83. The summed E-state index contributed by atoms with van der Waals surface area (Å²) in [4.78, 5) is 27.7. The van der Waals surface area contributed by atoms with Crippen molar-refractivity contribution in [3.63, 3.8) is 0 Å². The second-order valence-corrected chi connectivity index (χ2v) is 7.99. The maximum atomic E-state index is 13.3. The van der Waals surface area contributed by atoms with Crippen LogP contribution in [0.15, 0.2) is 42.5 Å². The van der Waals surface area contributed by atoms with Gasteiger partial charge in [-0.2, -0.15) is 0 Å². The first kappa shape index (κ1) is 26.3. The van der Waals surface area contributed by atoms with Crippen molar-refractivity contribution in [1.82, 2.24) is 10.2 Å². The van der Waals surface area contributed by atoms with Crippen LogP contribution in [0.5, 0.6) is 17.2 Å². The molecule has 0 radical (unpaired) electrons. The van der Waals surface area contributed by atoms with Gasteiger partial charge in [0.2, 0.25) is 5.91 Å². The van der Waals surface area contributed by atoms with Crippen LogP contribution in [-0.4, -0.2) is 50.1 Å². The summed E-state index contributed by atoms with van der Waals surface area (Å²) in [7, 11) is 3.08. The Kier molecular flexibility index (Phi) is 10.8. The first-order valence-electron chi connectivity index (χ1n) is 11.1. The summed E-state index contributed by atoms with van der Waals surface area (Å²) in [5.41, 5.74) is 0.871. The molecule has 1 atom stereocenters. The summed E-state index contributed by atoms with van der Waals surface area (Å²) in [5.74, 6) is 1.07. The minimum atomic E-state index is -0.617. The number of amides is 2. The van der Waals surface area contributed by atoms with Gasteiger partial charge in [-0.05, 0) is 30.5 Å². The predicted molar refractivity (Wildman–Crippen MR) is 129 cm³/mol. The Labute approximate surface area is 201 Å². The number of halogens is 1. The molecule has 7 nitrogen and oxygen atoms in total. The fourth-order valence-electron chi connectivity index (χ4n) is 3.30. The van der Waals surface area contributed by atoms with Crippen LogP contribution in [0.2, 0.25) is 5.02 Å². The average molecular weight is 477 g/mol. The molecule has 0 aromatic heterocycles. The Morgan fingerprint density at radius 2 is 1.61 bits per heavy atom. The molecule has 8 heteroatoms. The number of benzene rings is 2. The number of nitrogens with zero attached hydrogens (tertiary/aromatic N) is 1. The minimum absolute atomic E-state index is 0.170. The van der Waals surface area contributed by atoms with Gasteiger partial charge in [-0.15, -0.1) is 0 Å². The number of carbonyl (C=O) groups is 2. The lowest BCUT2D eigenvalue weighted by Crippen LogP contribution is -2.50. The van der Waals surface area contributed by atoms with Crippen molar-refractivity contribution >= 4 is 23.4 Å². The third kappa shape index (κ3) is 8.17. The van der Waals surface area contributed by atoms with Crippen molar-refractivity contribution < 1.29 is 23.8 Å². The maximum Gasteiger partial charge on any atom is 0.261 e. The molecule has 0 aliphatic heterocycles. The van der Waals surface area contributed by atoms with Gasteiger partial charge >= 0.3 is 0 Å². The van der Waals surface area contributed by atoms with E-state index >= 15 is 0 Å². The Morgan fingerprint density at radius 1 is 1.00 bits per heavy atom. The summed E-state index contributed by atoms with van der Waals surface area (Å²) in [6, 6.07) is 11.7. The van der Waals surface area contributed by atoms with Crippen LogP contribution in [0.3, 0.4) is 0 Å². The van der Waals surface area contributed by atoms with Crippen LogP contribution < -0.4 is 19.5 Å². The van der Waals surface area contributed by atoms with E-state index in [9.17, 15) is 9.59 Å². The molecule has 180 valence electrons. The van der Waals surface area contributed by atoms with Crippen molar-refractivity contribution in [2.75, 3.05) is 27.4 Å². The molecule has 0 aliphatic carbocycles. The second-order valence-electron chi connectivity index (χ2n) is 7.55. The molecule has 2 rings (SSSR count). The van der Waals surface area contributed by atoms with E-state index in [1.54, 1.807) is 49.5 Å². The molecule has 0 fully saturated rings. The van der Waals surface area contributed by atoms with Crippen molar-refractivity contribution in [1.29, 1.82) is 0 Å². The Bertz CT molecular complexity index is 882. The lowest BCUT2D eigenvalue weighted by Gasteiger charge is -2.30. The molecule has 0 bridgehead atoms. The van der Waals surface area contributed by atoms with Crippen LogP contribution in [0.4, 0.5) is 0 Å². The van der Waals surface area contributed by atoms with E-state index in [0.29, 0.717) is 35.2 Å². The number of nitrogens with one attached hydrogen (secondary N) is 1. The molecule has 2 aromatic carbocycles. The Morgan fingerprint density at radius 3 is 2.15 bits per heavy atom. The highest BCUT2D eigenvalue weighted by molar-refractivity contribution is 6.30. The molecule has 0 heterocycles. The molecule has 0 saturated carbocycles. The van der Waals surface area contributed by atoms with Crippen molar-refractivity contribution in [2.24, 2.45) is 0 Å². The number of methoxy groups -OCH3 is 2. The summed E-state index contributed by atoms with van der Waals surface area (Å²) in [6.45, 7) is 4.56. The van der Waals surface area contributed by atoms with Gasteiger partial charge in [0.1, 0.15) is 23.3 Å². The van der Waals surface area contributed by atoms with E-state index in [2.05, 4.69) is 12.2 Å². The van der Waals surface area contributed by atoms with Gasteiger partial charge < -0.3 is 24.4 Å². The topological polar surface area (TPSA) is 77.1 Å². The first-order chi connectivity index (χ1) is 15.9. The summed E-state index contributed by atoms with van der Waals surface area (Å²) >= 11 is 6.00. The smallest absolute Gasteiger partial charge is 0.261 e. The van der Waals surface area contributed by atoms with Gasteiger partial charge in [0.25, 0.3) is 5.91 Å². The highest BCUT2D eigenvalue weighted by Crippen LogP contribution is 2.27. The molecule has 0 spiro atoms. The van der Waals surface area contributed by atoms with Crippen LogP contribution in [-0.2, 0) is 16.1 Å². The van der Waals surface area contributed by atoms with Crippen LogP contribution >= 0.6 is 11.6 Å². The van der Waals surface area contributed by atoms with E-state index < -0.39 is 6.04 Å². The molecule has 2 aromatic rings. The number of hydrogen-bond acceptors (Lipinski definition) is 5. The molecule has 0 aliphatic rings. The van der Waals surface area contributed by atoms with Crippen LogP contribution in [0.25, 0.3) is 0 Å². The highest BCUT2D eigenvalue weighted by atomic mass is 35.5. The van der Waals surface area contributed by atoms with Gasteiger partial charge in [0.05, 0.1) is 14.2 Å². The van der Waals surface area contributed by atoms with E-state index in [4.69, 9.17) is 25.8 Å². The molecule has 0 saturated heterocycles. The number of hydrogen-bond donors (Lipinski definition) is 1. The Balaban J connectivity index is 2.21. The molecular weight excluding hydrogens is 444 g/mol. The van der Waals surface area contributed by atoms with Crippen LogP contribution in [0.1, 0.15) is 38.7 Å².